The van der Waals surface area contributed by atoms with Crippen molar-refractivity contribution in [1.29, 1.82) is 0 Å². The van der Waals surface area contributed by atoms with E-state index in [9.17, 15) is 18.0 Å². The number of hydrogen-bond donors (Lipinski definition) is 4. The van der Waals surface area contributed by atoms with E-state index < -0.39 is 12.1 Å². The third kappa shape index (κ3) is 7.09. The number of benzene rings is 1. The van der Waals surface area contributed by atoms with E-state index in [4.69, 9.17) is 14.3 Å². The van der Waals surface area contributed by atoms with E-state index in [-0.39, 0.29) is 5.91 Å². The maximum absolute atomic E-state index is 12.4. The van der Waals surface area contributed by atoms with E-state index >= 15 is 0 Å². The molecule has 1 amide bonds. The maximum Gasteiger partial charge on any atom is 0.490 e. The molecular weight excluding hydrogens is 441 g/mol. The molecule has 0 atom stereocenters. The highest BCUT2D eigenvalue weighted by molar-refractivity contribution is 6.02. The van der Waals surface area contributed by atoms with Crippen molar-refractivity contribution in [3.8, 4) is 0 Å². The van der Waals surface area contributed by atoms with Gasteiger partial charge in [-0.25, -0.2) is 4.79 Å². The van der Waals surface area contributed by atoms with Crippen molar-refractivity contribution < 1.29 is 32.3 Å². The summed E-state index contributed by atoms with van der Waals surface area (Å²) in [6.45, 7) is 5.84. The molecule has 2 aromatic rings. The number of amides is 1. The largest absolute Gasteiger partial charge is 0.490 e. The fraction of sp³-hybridized carbons (Fsp3) is 0.364. The van der Waals surface area contributed by atoms with Crippen molar-refractivity contribution in [1.82, 2.24) is 10.6 Å². The number of piperazine rings is 1. The highest BCUT2D eigenvalue weighted by Gasteiger charge is 2.38. The first-order chi connectivity index (χ1) is 15.7. The van der Waals surface area contributed by atoms with Gasteiger partial charge in [-0.2, -0.15) is 13.2 Å². The highest BCUT2D eigenvalue weighted by atomic mass is 19.4. The molecule has 0 aliphatic carbocycles. The molecule has 0 spiro atoms. The van der Waals surface area contributed by atoms with E-state index in [2.05, 4.69) is 26.9 Å². The second-order valence-corrected chi connectivity index (χ2v) is 7.42. The zero-order valence-corrected chi connectivity index (χ0v) is 17.7. The van der Waals surface area contributed by atoms with Gasteiger partial charge in [0.25, 0.3) is 5.91 Å². The molecule has 0 radical (unpaired) electrons. The van der Waals surface area contributed by atoms with Crippen LogP contribution in [0.4, 0.5) is 24.5 Å². The average molecular weight is 466 g/mol. The third-order valence-corrected chi connectivity index (χ3v) is 5.11. The molecule has 11 heteroatoms. The number of carbonyl (C=O) groups is 2. The zero-order valence-electron chi connectivity index (χ0n) is 17.7. The number of anilines is 2. The molecular formula is C22H25F3N4O4. The Morgan fingerprint density at radius 2 is 1.73 bits per heavy atom. The van der Waals surface area contributed by atoms with Crippen LogP contribution in [0.25, 0.3) is 5.57 Å². The number of aliphatic carboxylic acids is 1. The minimum atomic E-state index is -5.08. The van der Waals surface area contributed by atoms with Gasteiger partial charge in [-0.15, -0.1) is 0 Å². The zero-order chi connectivity index (χ0) is 23.8. The van der Waals surface area contributed by atoms with Crippen LogP contribution in [0.2, 0.25) is 0 Å². The summed E-state index contributed by atoms with van der Waals surface area (Å²) in [6.07, 6.45) is -0.321. The summed E-state index contributed by atoms with van der Waals surface area (Å²) in [5.41, 5.74) is 4.17. The number of rotatable bonds is 4. The van der Waals surface area contributed by atoms with Gasteiger partial charge in [0.1, 0.15) is 0 Å². The van der Waals surface area contributed by atoms with Gasteiger partial charge in [0.2, 0.25) is 0 Å². The third-order valence-electron chi connectivity index (χ3n) is 5.11. The van der Waals surface area contributed by atoms with Crippen LogP contribution in [-0.4, -0.2) is 62.4 Å². The molecule has 4 rings (SSSR count). The molecule has 1 aromatic heterocycles. The van der Waals surface area contributed by atoms with Crippen LogP contribution in [0.5, 0.6) is 0 Å². The van der Waals surface area contributed by atoms with Gasteiger partial charge >= 0.3 is 12.1 Å². The van der Waals surface area contributed by atoms with Crippen LogP contribution in [0.1, 0.15) is 22.5 Å². The first-order valence-electron chi connectivity index (χ1n) is 10.4. The lowest BCUT2D eigenvalue weighted by Crippen LogP contribution is -2.43. The van der Waals surface area contributed by atoms with Crippen molar-refractivity contribution in [2.45, 2.75) is 12.6 Å². The van der Waals surface area contributed by atoms with Crippen LogP contribution >= 0.6 is 0 Å². The number of carbonyl (C=O) groups excluding carboxylic acids is 1. The predicted molar refractivity (Wildman–Crippen MR) is 117 cm³/mol. The van der Waals surface area contributed by atoms with Crippen molar-refractivity contribution in [2.24, 2.45) is 0 Å². The van der Waals surface area contributed by atoms with E-state index in [1.54, 1.807) is 6.26 Å². The summed E-state index contributed by atoms with van der Waals surface area (Å²) in [4.78, 5) is 23.7. The molecule has 0 bridgehead atoms. The van der Waals surface area contributed by atoms with E-state index in [1.165, 1.54) is 11.3 Å². The molecule has 33 heavy (non-hydrogen) atoms. The molecule has 2 aliphatic rings. The second kappa shape index (κ2) is 11.0. The lowest BCUT2D eigenvalue weighted by molar-refractivity contribution is -0.192. The van der Waals surface area contributed by atoms with Crippen LogP contribution in [0, 0.1) is 0 Å². The van der Waals surface area contributed by atoms with Crippen molar-refractivity contribution >= 4 is 28.8 Å². The number of alkyl halides is 3. The number of carboxylic acid groups (broad SMARTS) is 1. The molecule has 3 heterocycles. The van der Waals surface area contributed by atoms with Gasteiger partial charge < -0.3 is 30.4 Å². The molecule has 1 fully saturated rings. The molecule has 8 nitrogen and oxygen atoms in total. The Hall–Kier alpha value is -3.31. The van der Waals surface area contributed by atoms with E-state index in [1.807, 2.05) is 30.3 Å². The highest BCUT2D eigenvalue weighted by Crippen LogP contribution is 2.23. The monoisotopic (exact) mass is 466 g/mol. The number of hydrogen-bond acceptors (Lipinski definition) is 6. The first kappa shape index (κ1) is 24.3. The average Bonchev–Trinajstić information content (AvgIpc) is 3.31. The summed E-state index contributed by atoms with van der Waals surface area (Å²) in [5, 5.41) is 16.7. The van der Waals surface area contributed by atoms with Crippen molar-refractivity contribution in [2.75, 3.05) is 49.5 Å². The van der Waals surface area contributed by atoms with Crippen molar-refractivity contribution in [3.05, 3.63) is 54.0 Å². The Morgan fingerprint density at radius 3 is 2.30 bits per heavy atom. The molecule has 0 unspecified atom stereocenters. The van der Waals surface area contributed by atoms with Gasteiger partial charge in [-0.3, -0.25) is 4.79 Å². The SMILES string of the molecule is O=C(Nc1ccc(N2CCNCC2)cc1)c1cc(C2=CCNCC2)co1.O=C(O)C(F)(F)F. The molecule has 4 N–H and O–H groups in total. The predicted octanol–water partition coefficient (Wildman–Crippen LogP) is 2.95. The smallest absolute Gasteiger partial charge is 0.475 e. The summed E-state index contributed by atoms with van der Waals surface area (Å²) < 4.78 is 37.2. The van der Waals surface area contributed by atoms with Gasteiger partial charge in [0.05, 0.1) is 6.26 Å². The van der Waals surface area contributed by atoms with Gasteiger partial charge in [0.15, 0.2) is 5.76 Å². The number of carboxylic acids is 1. The fourth-order valence-electron chi connectivity index (χ4n) is 3.38. The number of nitrogens with zero attached hydrogens (tertiary/aromatic N) is 1. The molecule has 1 saturated heterocycles. The molecule has 2 aliphatic heterocycles. The van der Waals surface area contributed by atoms with Gasteiger partial charge in [0, 0.05) is 49.7 Å². The summed E-state index contributed by atoms with van der Waals surface area (Å²) in [5.74, 6) is -2.64. The first-order valence-corrected chi connectivity index (χ1v) is 10.4. The summed E-state index contributed by atoms with van der Waals surface area (Å²) in [7, 11) is 0. The summed E-state index contributed by atoms with van der Waals surface area (Å²) >= 11 is 0. The quantitative estimate of drug-likeness (QED) is 0.549. The second-order valence-electron chi connectivity index (χ2n) is 7.42. The van der Waals surface area contributed by atoms with Gasteiger partial charge in [-0.1, -0.05) is 6.08 Å². The standard InChI is InChI=1S/C20H24N4O2.C2HF3O2/c25-20(19-13-16(14-26-19)15-5-7-21-8-6-15)23-17-1-3-18(4-2-17)24-11-9-22-10-12-24;3-2(4,5)1(6)7/h1-5,13-14,21-22H,6-12H2,(H,23,25);(H,6,7). The lowest BCUT2D eigenvalue weighted by atomic mass is 10.0. The number of nitrogens with one attached hydrogen (secondary N) is 3. The summed E-state index contributed by atoms with van der Waals surface area (Å²) in [6, 6.07) is 9.80. The van der Waals surface area contributed by atoms with Crippen LogP contribution in [0.15, 0.2) is 47.1 Å². The maximum atomic E-state index is 12.4. The molecule has 0 saturated carbocycles. The Bertz CT molecular complexity index is 980. The van der Waals surface area contributed by atoms with E-state index in [0.717, 1.165) is 56.9 Å². The van der Waals surface area contributed by atoms with Crippen LogP contribution < -0.4 is 20.9 Å². The topological polar surface area (TPSA) is 107 Å². The van der Waals surface area contributed by atoms with E-state index in [0.29, 0.717) is 5.76 Å². The minimum Gasteiger partial charge on any atom is -0.475 e. The molecule has 1 aromatic carbocycles. The Labute approximate surface area is 188 Å². The van der Waals surface area contributed by atoms with Gasteiger partial charge in [-0.05, 0) is 48.9 Å². The number of halogens is 3. The van der Waals surface area contributed by atoms with Crippen molar-refractivity contribution in [3.63, 3.8) is 0 Å². The fourth-order valence-corrected chi connectivity index (χ4v) is 3.38. The molecule has 178 valence electrons. The lowest BCUT2D eigenvalue weighted by Gasteiger charge is -2.29. The Balaban J connectivity index is 0.000000383. The normalized spacial score (nSPS) is 16.3. The number of furan rings is 1. The van der Waals surface area contributed by atoms with Crippen LogP contribution in [0.3, 0.4) is 0 Å². The minimum absolute atomic E-state index is 0.222. The Morgan fingerprint density at radius 1 is 1.06 bits per heavy atom. The Kier molecular flexibility index (Phi) is 8.12. The van der Waals surface area contributed by atoms with Crippen LogP contribution in [-0.2, 0) is 4.79 Å².